The Morgan fingerprint density at radius 2 is 2.00 bits per heavy atom. The summed E-state index contributed by atoms with van der Waals surface area (Å²) in [5, 5.41) is 5.81. The molecule has 0 aliphatic heterocycles. The molecule has 1 aromatic carbocycles. The van der Waals surface area contributed by atoms with E-state index in [2.05, 4.69) is 10.6 Å². The molecule has 1 aliphatic rings. The van der Waals surface area contributed by atoms with Gasteiger partial charge in [-0.05, 0) is 30.7 Å². The minimum absolute atomic E-state index is 0.0944. The van der Waals surface area contributed by atoms with Gasteiger partial charge in [-0.3, -0.25) is 0 Å². The monoisotopic (exact) mass is 261 g/mol. The van der Waals surface area contributed by atoms with Crippen LogP contribution in [0.4, 0.5) is 4.79 Å². The Kier molecular flexibility index (Phi) is 5.21. The molecule has 2 unspecified atom stereocenters. The van der Waals surface area contributed by atoms with Crippen molar-refractivity contribution >= 4 is 6.03 Å². The van der Waals surface area contributed by atoms with Crippen LogP contribution in [0.1, 0.15) is 31.2 Å². The summed E-state index contributed by atoms with van der Waals surface area (Å²) >= 11 is 0. The largest absolute Gasteiger partial charge is 0.338 e. The number of amides is 2. The Morgan fingerprint density at radius 1 is 1.21 bits per heavy atom. The SMILES string of the molecule is NC1CCCC(CNC(=O)NCc2ccccc2)C1. The van der Waals surface area contributed by atoms with E-state index in [0.717, 1.165) is 24.9 Å². The molecule has 0 radical (unpaired) electrons. The highest BCUT2D eigenvalue weighted by Crippen LogP contribution is 2.22. The fourth-order valence-corrected chi connectivity index (χ4v) is 2.60. The summed E-state index contributed by atoms with van der Waals surface area (Å²) in [6, 6.07) is 10.1. The van der Waals surface area contributed by atoms with Gasteiger partial charge in [-0.2, -0.15) is 0 Å². The Bertz CT molecular complexity index is 394. The maximum absolute atomic E-state index is 11.7. The molecule has 2 amide bonds. The van der Waals surface area contributed by atoms with Gasteiger partial charge in [-0.15, -0.1) is 0 Å². The van der Waals surface area contributed by atoms with Gasteiger partial charge in [0, 0.05) is 19.1 Å². The van der Waals surface area contributed by atoms with Crippen LogP contribution in [0.2, 0.25) is 0 Å². The van der Waals surface area contributed by atoms with Gasteiger partial charge < -0.3 is 16.4 Å². The lowest BCUT2D eigenvalue weighted by atomic mass is 9.86. The third-order valence-corrected chi connectivity index (χ3v) is 3.67. The Balaban J connectivity index is 1.64. The molecule has 0 bridgehead atoms. The van der Waals surface area contributed by atoms with Crippen LogP contribution in [-0.2, 0) is 6.54 Å². The molecule has 19 heavy (non-hydrogen) atoms. The Hall–Kier alpha value is -1.55. The Morgan fingerprint density at radius 3 is 2.74 bits per heavy atom. The normalized spacial score (nSPS) is 22.8. The van der Waals surface area contributed by atoms with E-state index in [-0.39, 0.29) is 6.03 Å². The first-order valence-electron chi connectivity index (χ1n) is 7.05. The maximum atomic E-state index is 11.7. The lowest BCUT2D eigenvalue weighted by Crippen LogP contribution is -2.40. The van der Waals surface area contributed by atoms with Crippen LogP contribution in [0.5, 0.6) is 0 Å². The summed E-state index contributed by atoms with van der Waals surface area (Å²) < 4.78 is 0. The Labute approximate surface area is 114 Å². The van der Waals surface area contributed by atoms with Crippen molar-refractivity contribution in [3.8, 4) is 0 Å². The molecule has 4 nitrogen and oxygen atoms in total. The molecule has 0 aromatic heterocycles. The molecule has 2 rings (SSSR count). The average molecular weight is 261 g/mol. The lowest BCUT2D eigenvalue weighted by Gasteiger charge is -2.26. The highest BCUT2D eigenvalue weighted by atomic mass is 16.2. The summed E-state index contributed by atoms with van der Waals surface area (Å²) in [4.78, 5) is 11.7. The molecule has 0 spiro atoms. The van der Waals surface area contributed by atoms with Crippen LogP contribution in [-0.4, -0.2) is 18.6 Å². The number of urea groups is 1. The maximum Gasteiger partial charge on any atom is 0.315 e. The third-order valence-electron chi connectivity index (χ3n) is 3.67. The van der Waals surface area contributed by atoms with Crippen LogP contribution >= 0.6 is 0 Å². The molecular formula is C15H23N3O. The smallest absolute Gasteiger partial charge is 0.315 e. The summed E-state index contributed by atoms with van der Waals surface area (Å²) in [6.07, 6.45) is 4.50. The summed E-state index contributed by atoms with van der Waals surface area (Å²) in [6.45, 7) is 1.30. The van der Waals surface area contributed by atoms with E-state index in [1.807, 2.05) is 30.3 Å². The van der Waals surface area contributed by atoms with Gasteiger partial charge in [0.2, 0.25) is 0 Å². The van der Waals surface area contributed by atoms with Gasteiger partial charge >= 0.3 is 6.03 Å². The van der Waals surface area contributed by atoms with E-state index in [1.165, 1.54) is 12.8 Å². The van der Waals surface area contributed by atoms with Crippen molar-refractivity contribution in [2.24, 2.45) is 11.7 Å². The van der Waals surface area contributed by atoms with Crippen molar-refractivity contribution in [1.29, 1.82) is 0 Å². The van der Waals surface area contributed by atoms with Crippen LogP contribution in [0, 0.1) is 5.92 Å². The molecule has 1 saturated carbocycles. The van der Waals surface area contributed by atoms with Crippen LogP contribution in [0.3, 0.4) is 0 Å². The second-order valence-corrected chi connectivity index (χ2v) is 5.34. The number of hydrogen-bond acceptors (Lipinski definition) is 2. The van der Waals surface area contributed by atoms with Crippen molar-refractivity contribution in [2.45, 2.75) is 38.3 Å². The lowest BCUT2D eigenvalue weighted by molar-refractivity contribution is 0.234. The number of nitrogens with one attached hydrogen (secondary N) is 2. The number of carbonyl (C=O) groups excluding carboxylic acids is 1. The van der Waals surface area contributed by atoms with E-state index in [4.69, 9.17) is 5.73 Å². The molecule has 1 aromatic rings. The molecule has 1 aliphatic carbocycles. The van der Waals surface area contributed by atoms with E-state index in [1.54, 1.807) is 0 Å². The first kappa shape index (κ1) is 13.9. The van der Waals surface area contributed by atoms with Crippen molar-refractivity contribution in [1.82, 2.24) is 10.6 Å². The highest BCUT2D eigenvalue weighted by Gasteiger charge is 2.19. The quantitative estimate of drug-likeness (QED) is 0.776. The van der Waals surface area contributed by atoms with E-state index in [9.17, 15) is 4.79 Å². The van der Waals surface area contributed by atoms with Crippen LogP contribution in [0.15, 0.2) is 30.3 Å². The fourth-order valence-electron chi connectivity index (χ4n) is 2.60. The zero-order valence-corrected chi connectivity index (χ0v) is 11.3. The number of nitrogens with two attached hydrogens (primary N) is 1. The molecule has 0 saturated heterocycles. The standard InChI is InChI=1S/C15H23N3O/c16-14-8-4-7-13(9-14)11-18-15(19)17-10-12-5-2-1-3-6-12/h1-3,5-6,13-14H,4,7-11,16H2,(H2,17,18,19). The molecule has 2 atom stereocenters. The molecule has 4 N–H and O–H groups in total. The summed E-state index contributed by atoms with van der Waals surface area (Å²) in [5.41, 5.74) is 7.05. The first-order chi connectivity index (χ1) is 9.24. The summed E-state index contributed by atoms with van der Waals surface area (Å²) in [5.74, 6) is 0.534. The first-order valence-corrected chi connectivity index (χ1v) is 7.05. The van der Waals surface area contributed by atoms with Crippen molar-refractivity contribution in [3.05, 3.63) is 35.9 Å². The minimum Gasteiger partial charge on any atom is -0.338 e. The zero-order chi connectivity index (χ0) is 13.5. The van der Waals surface area contributed by atoms with E-state index in [0.29, 0.717) is 18.5 Å². The van der Waals surface area contributed by atoms with Crippen molar-refractivity contribution < 1.29 is 4.79 Å². The van der Waals surface area contributed by atoms with Gasteiger partial charge in [-0.1, -0.05) is 36.8 Å². The van der Waals surface area contributed by atoms with E-state index < -0.39 is 0 Å². The number of carbonyl (C=O) groups is 1. The average Bonchev–Trinajstić information content (AvgIpc) is 2.44. The number of rotatable bonds is 4. The predicted molar refractivity (Wildman–Crippen MR) is 76.6 cm³/mol. The zero-order valence-electron chi connectivity index (χ0n) is 11.3. The van der Waals surface area contributed by atoms with Crippen LogP contribution < -0.4 is 16.4 Å². The minimum atomic E-state index is -0.0944. The van der Waals surface area contributed by atoms with Crippen LogP contribution in [0.25, 0.3) is 0 Å². The molecular weight excluding hydrogens is 238 g/mol. The molecule has 0 heterocycles. The van der Waals surface area contributed by atoms with Crippen molar-refractivity contribution in [3.63, 3.8) is 0 Å². The number of benzene rings is 1. The number of hydrogen-bond donors (Lipinski definition) is 3. The molecule has 104 valence electrons. The highest BCUT2D eigenvalue weighted by molar-refractivity contribution is 5.73. The van der Waals surface area contributed by atoms with Gasteiger partial charge in [0.1, 0.15) is 0 Å². The third kappa shape index (κ3) is 4.91. The second-order valence-electron chi connectivity index (χ2n) is 5.34. The van der Waals surface area contributed by atoms with Gasteiger partial charge in [0.05, 0.1) is 0 Å². The second kappa shape index (κ2) is 7.14. The van der Waals surface area contributed by atoms with Crippen molar-refractivity contribution in [2.75, 3.05) is 6.54 Å². The topological polar surface area (TPSA) is 67.1 Å². The molecule has 4 heteroatoms. The van der Waals surface area contributed by atoms with Gasteiger partial charge in [0.25, 0.3) is 0 Å². The van der Waals surface area contributed by atoms with E-state index >= 15 is 0 Å². The molecule has 1 fully saturated rings. The fraction of sp³-hybridized carbons (Fsp3) is 0.533. The van der Waals surface area contributed by atoms with Gasteiger partial charge in [0.15, 0.2) is 0 Å². The summed E-state index contributed by atoms with van der Waals surface area (Å²) in [7, 11) is 0. The van der Waals surface area contributed by atoms with Gasteiger partial charge in [-0.25, -0.2) is 4.79 Å². The predicted octanol–water partition coefficient (Wildman–Crippen LogP) is 2.00.